The van der Waals surface area contributed by atoms with Crippen LogP contribution in [0.5, 0.6) is 0 Å². The van der Waals surface area contributed by atoms with E-state index in [9.17, 15) is 27.6 Å². The Morgan fingerprint density at radius 1 is 0.943 bits per heavy atom. The van der Waals surface area contributed by atoms with Crippen molar-refractivity contribution in [3.63, 3.8) is 0 Å². The summed E-state index contributed by atoms with van der Waals surface area (Å²) in [6.45, 7) is 0.158. The number of hydrogen-bond acceptors (Lipinski definition) is 4. The molecule has 0 aromatic heterocycles. The number of benzene rings is 2. The molecule has 1 saturated carbocycles. The molecule has 2 aliphatic rings. The first-order valence-corrected chi connectivity index (χ1v) is 11.4. The van der Waals surface area contributed by atoms with Crippen molar-refractivity contribution in [2.75, 3.05) is 6.61 Å². The molecule has 2 aromatic carbocycles. The quantitative estimate of drug-likeness (QED) is 0.563. The number of rotatable bonds is 6. The number of amides is 2. The summed E-state index contributed by atoms with van der Waals surface area (Å²) in [5.41, 5.74) is 4.41. The van der Waals surface area contributed by atoms with E-state index in [4.69, 9.17) is 9.84 Å². The van der Waals surface area contributed by atoms with Crippen LogP contribution in [0.2, 0.25) is 0 Å². The molecule has 7 nitrogen and oxygen atoms in total. The van der Waals surface area contributed by atoms with Gasteiger partial charge in [-0.1, -0.05) is 48.5 Å². The molecule has 2 aromatic rings. The molecule has 186 valence electrons. The standard InChI is InChI=1S/C25H25F3N2O5/c26-25(27,28)21(23(32)33)30-22(31)14-9-11-15(12-10-14)29-24(34)35-13-20-18-7-3-1-5-16(18)17-6-2-4-8-19(17)20/h1-8,14-15,20-21H,9-13H2,(H,29,34)(H,30,31)(H,32,33). The number of alkyl carbamates (subject to hydrolysis) is 1. The van der Waals surface area contributed by atoms with Crippen molar-refractivity contribution in [1.29, 1.82) is 0 Å². The number of fused-ring (bicyclic) bond motifs is 3. The maximum Gasteiger partial charge on any atom is 0.419 e. The number of ether oxygens (including phenoxy) is 1. The summed E-state index contributed by atoms with van der Waals surface area (Å²) in [5.74, 6) is -3.94. The first-order chi connectivity index (χ1) is 16.6. The van der Waals surface area contributed by atoms with Crippen molar-refractivity contribution < 1.29 is 37.4 Å². The van der Waals surface area contributed by atoms with Crippen molar-refractivity contribution >= 4 is 18.0 Å². The second kappa shape index (κ2) is 9.97. The summed E-state index contributed by atoms with van der Waals surface area (Å²) in [4.78, 5) is 35.4. The van der Waals surface area contributed by atoms with Crippen LogP contribution in [0.15, 0.2) is 48.5 Å². The average Bonchev–Trinajstić information content (AvgIpc) is 3.14. The van der Waals surface area contributed by atoms with Crippen LogP contribution in [0.1, 0.15) is 42.7 Å². The zero-order valence-corrected chi connectivity index (χ0v) is 18.7. The molecular formula is C25H25F3N2O5. The Labute approximate surface area is 199 Å². The highest BCUT2D eigenvalue weighted by Crippen LogP contribution is 2.44. The van der Waals surface area contributed by atoms with Gasteiger partial charge in [-0.3, -0.25) is 4.79 Å². The number of carbonyl (C=O) groups excluding carboxylic acids is 2. The van der Waals surface area contributed by atoms with E-state index in [1.165, 1.54) is 0 Å². The van der Waals surface area contributed by atoms with Crippen molar-refractivity contribution in [2.45, 2.75) is 49.9 Å². The Kier molecular flexibility index (Phi) is 7.00. The fraction of sp³-hybridized carbons (Fsp3) is 0.400. The molecule has 0 heterocycles. The maximum absolute atomic E-state index is 12.8. The third-order valence-electron chi connectivity index (χ3n) is 6.62. The highest BCUT2D eigenvalue weighted by molar-refractivity contribution is 5.85. The molecule has 1 unspecified atom stereocenters. The van der Waals surface area contributed by atoms with Gasteiger partial charge in [-0.2, -0.15) is 13.2 Å². The predicted molar refractivity (Wildman–Crippen MR) is 120 cm³/mol. The van der Waals surface area contributed by atoms with Crippen molar-refractivity contribution in [3.05, 3.63) is 59.7 Å². The van der Waals surface area contributed by atoms with Crippen LogP contribution in [0.3, 0.4) is 0 Å². The van der Waals surface area contributed by atoms with Gasteiger partial charge in [-0.25, -0.2) is 9.59 Å². The monoisotopic (exact) mass is 490 g/mol. The Hall–Kier alpha value is -3.56. The molecule has 2 aliphatic carbocycles. The second-order valence-electron chi connectivity index (χ2n) is 8.84. The van der Waals surface area contributed by atoms with Gasteiger partial charge in [0.1, 0.15) is 6.61 Å². The number of alkyl halides is 3. The van der Waals surface area contributed by atoms with E-state index in [-0.39, 0.29) is 31.4 Å². The van der Waals surface area contributed by atoms with Crippen molar-refractivity contribution in [3.8, 4) is 11.1 Å². The van der Waals surface area contributed by atoms with Gasteiger partial charge in [-0.15, -0.1) is 0 Å². The van der Waals surface area contributed by atoms with Gasteiger partial charge < -0.3 is 20.5 Å². The average molecular weight is 490 g/mol. The summed E-state index contributed by atoms with van der Waals surface area (Å²) in [6, 6.07) is 12.7. The summed E-state index contributed by atoms with van der Waals surface area (Å²) in [5, 5.41) is 13.1. The fourth-order valence-corrected chi connectivity index (χ4v) is 4.85. The third kappa shape index (κ3) is 5.41. The van der Waals surface area contributed by atoms with Crippen LogP contribution in [0.4, 0.5) is 18.0 Å². The molecule has 0 spiro atoms. The third-order valence-corrected chi connectivity index (χ3v) is 6.62. The lowest BCUT2D eigenvalue weighted by Gasteiger charge is -2.29. The van der Waals surface area contributed by atoms with E-state index >= 15 is 0 Å². The van der Waals surface area contributed by atoms with Crippen LogP contribution in [0.25, 0.3) is 11.1 Å². The van der Waals surface area contributed by atoms with Gasteiger partial charge in [-0.05, 0) is 47.9 Å². The molecule has 0 saturated heterocycles. The molecule has 3 N–H and O–H groups in total. The smallest absolute Gasteiger partial charge is 0.419 e. The summed E-state index contributed by atoms with van der Waals surface area (Å²) < 4.78 is 43.9. The van der Waals surface area contributed by atoms with E-state index in [1.807, 2.05) is 48.5 Å². The molecule has 10 heteroatoms. The van der Waals surface area contributed by atoms with Crippen molar-refractivity contribution in [1.82, 2.24) is 10.6 Å². The molecular weight excluding hydrogens is 465 g/mol. The number of hydrogen-bond donors (Lipinski definition) is 3. The van der Waals surface area contributed by atoms with Gasteiger partial charge in [0.05, 0.1) is 0 Å². The van der Waals surface area contributed by atoms with Gasteiger partial charge >= 0.3 is 18.2 Å². The van der Waals surface area contributed by atoms with Gasteiger partial charge in [0, 0.05) is 17.9 Å². The Bertz CT molecular complexity index is 1070. The van der Waals surface area contributed by atoms with E-state index in [0.29, 0.717) is 12.8 Å². The van der Waals surface area contributed by atoms with Crippen molar-refractivity contribution in [2.24, 2.45) is 5.92 Å². The van der Waals surface area contributed by atoms with Crippen LogP contribution in [-0.2, 0) is 14.3 Å². The zero-order valence-electron chi connectivity index (χ0n) is 18.7. The second-order valence-corrected chi connectivity index (χ2v) is 8.84. The van der Waals surface area contributed by atoms with E-state index < -0.39 is 36.1 Å². The van der Waals surface area contributed by atoms with E-state index in [0.717, 1.165) is 22.3 Å². The minimum absolute atomic E-state index is 0.0802. The first-order valence-electron chi connectivity index (χ1n) is 11.4. The summed E-state index contributed by atoms with van der Waals surface area (Å²) >= 11 is 0. The Morgan fingerprint density at radius 2 is 1.49 bits per heavy atom. The molecule has 1 fully saturated rings. The fourth-order valence-electron chi connectivity index (χ4n) is 4.85. The Morgan fingerprint density at radius 3 is 2.00 bits per heavy atom. The highest BCUT2D eigenvalue weighted by Gasteiger charge is 2.47. The number of carbonyl (C=O) groups is 3. The first kappa shape index (κ1) is 24.6. The molecule has 0 bridgehead atoms. The normalized spacial score (nSPS) is 20.3. The lowest BCUT2D eigenvalue weighted by molar-refractivity contribution is -0.182. The predicted octanol–water partition coefficient (Wildman–Crippen LogP) is 4.22. The molecule has 35 heavy (non-hydrogen) atoms. The minimum atomic E-state index is -5.08. The van der Waals surface area contributed by atoms with E-state index in [1.54, 1.807) is 5.32 Å². The lowest BCUT2D eigenvalue weighted by atomic mass is 9.85. The van der Waals surface area contributed by atoms with Gasteiger partial charge in [0.2, 0.25) is 11.9 Å². The molecule has 4 rings (SSSR count). The summed E-state index contributed by atoms with van der Waals surface area (Å²) in [6.07, 6.45) is -4.49. The molecule has 1 atom stereocenters. The largest absolute Gasteiger partial charge is 0.479 e. The van der Waals surface area contributed by atoms with E-state index in [2.05, 4.69) is 5.32 Å². The number of aliphatic carboxylic acids is 1. The van der Waals surface area contributed by atoms with Crippen LogP contribution in [-0.4, -0.2) is 47.9 Å². The minimum Gasteiger partial charge on any atom is -0.479 e. The zero-order chi connectivity index (χ0) is 25.2. The molecule has 0 radical (unpaired) electrons. The number of nitrogens with one attached hydrogen (secondary N) is 2. The maximum atomic E-state index is 12.8. The van der Waals surface area contributed by atoms with Crippen LogP contribution >= 0.6 is 0 Å². The highest BCUT2D eigenvalue weighted by atomic mass is 19.4. The number of halogens is 3. The Balaban J connectivity index is 1.27. The van der Waals surface area contributed by atoms with Gasteiger partial charge in [0.25, 0.3) is 0 Å². The number of carboxylic acid groups (broad SMARTS) is 1. The SMILES string of the molecule is O=C(NC1CCC(C(=O)NC(C(=O)O)C(F)(F)F)CC1)OCC1c2ccccc2-c2ccccc21. The number of carboxylic acids is 1. The van der Waals surface area contributed by atoms with Crippen LogP contribution in [0, 0.1) is 5.92 Å². The van der Waals surface area contributed by atoms with Crippen LogP contribution < -0.4 is 10.6 Å². The molecule has 0 aliphatic heterocycles. The lowest BCUT2D eigenvalue weighted by Crippen LogP contribution is -2.52. The summed E-state index contributed by atoms with van der Waals surface area (Å²) in [7, 11) is 0. The molecule has 2 amide bonds. The topological polar surface area (TPSA) is 105 Å². The van der Waals surface area contributed by atoms with Gasteiger partial charge in [0.15, 0.2) is 0 Å².